The summed E-state index contributed by atoms with van der Waals surface area (Å²) in [7, 11) is 0. The number of fused-ring (bicyclic) bond motifs is 1. The Kier molecular flexibility index (Phi) is 3.77. The molecule has 11 nitrogen and oxygen atoms in total. The first-order valence-electron chi connectivity index (χ1n) is 6.76. The van der Waals surface area contributed by atoms with Crippen molar-refractivity contribution in [1.82, 2.24) is 14.5 Å². The van der Waals surface area contributed by atoms with Gasteiger partial charge in [0.1, 0.15) is 36.1 Å². The lowest BCUT2D eigenvalue weighted by molar-refractivity contribution is -0.0508. The van der Waals surface area contributed by atoms with Crippen molar-refractivity contribution in [2.45, 2.75) is 24.5 Å². The van der Waals surface area contributed by atoms with E-state index in [4.69, 9.17) is 22.0 Å². The number of aliphatic hydroxyl groups excluding tert-OH is 3. The summed E-state index contributed by atoms with van der Waals surface area (Å²) in [6, 6.07) is 0. The summed E-state index contributed by atoms with van der Waals surface area (Å²) < 4.78 is 6.94. The maximum atomic E-state index is 10.2. The molecule has 3 rings (SSSR count). The zero-order valence-electron chi connectivity index (χ0n) is 11.9. The van der Waals surface area contributed by atoms with Crippen LogP contribution >= 0.6 is 0 Å². The highest BCUT2D eigenvalue weighted by atomic mass is 16.6. The van der Waals surface area contributed by atoms with Crippen LogP contribution in [0.15, 0.2) is 17.6 Å². The molecule has 1 aliphatic heterocycles. The minimum atomic E-state index is -1.28. The Hall–Kier alpha value is -2.47. The molecule has 9 N–H and O–H groups in total. The fraction of sp³-hybridized carbons (Fsp3) is 0.417. The van der Waals surface area contributed by atoms with E-state index in [0.29, 0.717) is 16.6 Å². The molecule has 1 saturated heterocycles. The maximum Gasteiger partial charge on any atom is 0.164 e. The van der Waals surface area contributed by atoms with Gasteiger partial charge in [-0.25, -0.2) is 9.97 Å². The van der Waals surface area contributed by atoms with Crippen LogP contribution in [-0.4, -0.2) is 60.6 Å². The number of rotatable bonds is 3. The van der Waals surface area contributed by atoms with Crippen molar-refractivity contribution in [3.8, 4) is 0 Å². The molecule has 0 radical (unpaired) electrons. The molecule has 1 fully saturated rings. The van der Waals surface area contributed by atoms with Crippen LogP contribution < -0.4 is 17.3 Å². The molecule has 3 heterocycles. The van der Waals surface area contributed by atoms with E-state index < -0.39 is 31.1 Å². The molecule has 0 bridgehead atoms. The number of hydrogen-bond acceptors (Lipinski definition) is 9. The summed E-state index contributed by atoms with van der Waals surface area (Å²) in [5.74, 6) is 5.38. The van der Waals surface area contributed by atoms with Gasteiger partial charge in [0.25, 0.3) is 0 Å². The third-order valence-corrected chi connectivity index (χ3v) is 3.85. The highest BCUT2D eigenvalue weighted by molar-refractivity contribution is 6.11. The Morgan fingerprint density at radius 2 is 2.09 bits per heavy atom. The van der Waals surface area contributed by atoms with Crippen molar-refractivity contribution in [3.63, 3.8) is 0 Å². The van der Waals surface area contributed by atoms with Gasteiger partial charge in [0.15, 0.2) is 12.1 Å². The minimum absolute atomic E-state index is 0.00185. The van der Waals surface area contributed by atoms with Crippen LogP contribution in [0.25, 0.3) is 11.0 Å². The minimum Gasteiger partial charge on any atom is -0.394 e. The lowest BCUT2D eigenvalue weighted by atomic mass is 10.1. The molecule has 23 heavy (non-hydrogen) atoms. The monoisotopic (exact) mass is 323 g/mol. The number of nitrogens with two attached hydrogens (primary N) is 3. The summed E-state index contributed by atoms with van der Waals surface area (Å²) in [5.41, 5.74) is 12.3. The first kappa shape index (κ1) is 15.4. The van der Waals surface area contributed by atoms with E-state index in [0.717, 1.165) is 0 Å². The van der Waals surface area contributed by atoms with Gasteiger partial charge in [-0.05, 0) is 0 Å². The largest absolute Gasteiger partial charge is 0.394 e. The number of amidine groups is 1. The molecular weight excluding hydrogens is 306 g/mol. The Balaban J connectivity index is 2.18. The summed E-state index contributed by atoms with van der Waals surface area (Å²) in [6.45, 7) is -0.440. The van der Waals surface area contributed by atoms with Gasteiger partial charge < -0.3 is 41.9 Å². The van der Waals surface area contributed by atoms with Gasteiger partial charge >= 0.3 is 0 Å². The molecule has 1 aliphatic rings. The van der Waals surface area contributed by atoms with Crippen molar-refractivity contribution < 1.29 is 20.1 Å². The van der Waals surface area contributed by atoms with Crippen LogP contribution in [0.3, 0.4) is 0 Å². The first-order chi connectivity index (χ1) is 11.0. The lowest BCUT2D eigenvalue weighted by Gasteiger charge is -2.17. The number of aliphatic hydroxyl groups is 3. The van der Waals surface area contributed by atoms with E-state index >= 15 is 0 Å². The van der Waals surface area contributed by atoms with Crippen LogP contribution in [0.4, 0.5) is 5.82 Å². The number of nitrogen functional groups attached to an aromatic ring is 1. The van der Waals surface area contributed by atoms with E-state index in [1.54, 1.807) is 0 Å². The molecule has 0 spiro atoms. The summed E-state index contributed by atoms with van der Waals surface area (Å²) in [5, 5.41) is 33.1. The van der Waals surface area contributed by atoms with Crippen molar-refractivity contribution in [2.24, 2.45) is 16.7 Å². The quantitative estimate of drug-likeness (QED) is 0.150. The standard InChI is InChI=1S/C12H17N7O4/c13-9(18-15)4-1-19(11-6(4)10(14)16-3-17-11)12-8(22)7(21)5(2-20)23-12/h1,3,5,7-8,12,20-22H,2,15H2,(H2,13,18)(H2,14,16,17)/t5-,7+,8+,12-/m0/s1. The average molecular weight is 323 g/mol. The predicted octanol–water partition coefficient (Wildman–Crippen LogP) is -2.80. The zero-order valence-corrected chi connectivity index (χ0v) is 11.9. The Labute approximate surface area is 130 Å². The van der Waals surface area contributed by atoms with Crippen LogP contribution in [0.5, 0.6) is 0 Å². The Morgan fingerprint density at radius 3 is 2.70 bits per heavy atom. The molecule has 0 aliphatic carbocycles. The smallest absolute Gasteiger partial charge is 0.164 e. The number of hydrogen-bond donors (Lipinski definition) is 6. The fourth-order valence-corrected chi connectivity index (χ4v) is 2.68. The van der Waals surface area contributed by atoms with Crippen molar-refractivity contribution in [1.29, 1.82) is 0 Å². The van der Waals surface area contributed by atoms with Crippen molar-refractivity contribution in [3.05, 3.63) is 18.1 Å². The number of nitrogens with zero attached hydrogens (tertiary/aromatic N) is 4. The van der Waals surface area contributed by atoms with E-state index in [1.165, 1.54) is 17.1 Å². The van der Waals surface area contributed by atoms with Crippen LogP contribution in [0.2, 0.25) is 0 Å². The highest BCUT2D eigenvalue weighted by Gasteiger charge is 2.44. The number of anilines is 1. The van der Waals surface area contributed by atoms with Gasteiger partial charge in [-0.1, -0.05) is 0 Å². The third kappa shape index (κ3) is 2.26. The number of ether oxygens (including phenoxy) is 1. The normalized spacial score (nSPS) is 28.6. The summed E-state index contributed by atoms with van der Waals surface area (Å²) in [6.07, 6.45) is -1.68. The van der Waals surface area contributed by atoms with E-state index in [-0.39, 0.29) is 11.7 Å². The highest BCUT2D eigenvalue weighted by Crippen LogP contribution is 2.34. The SMILES string of the molecule is NN=C(N)c1cn([C@H]2O[C@@H](CO)[C@@H](O)[C@H]2O)c2ncnc(N)c12. The Bertz CT molecular complexity index is 761. The average Bonchev–Trinajstić information content (AvgIpc) is 3.07. The lowest BCUT2D eigenvalue weighted by Crippen LogP contribution is -2.33. The molecule has 2 aromatic heterocycles. The molecule has 0 saturated carbocycles. The van der Waals surface area contributed by atoms with Crippen LogP contribution in [0, 0.1) is 0 Å². The van der Waals surface area contributed by atoms with Crippen LogP contribution in [0.1, 0.15) is 11.8 Å². The molecule has 124 valence electrons. The molecule has 11 heteroatoms. The van der Waals surface area contributed by atoms with Gasteiger partial charge in [-0.15, -0.1) is 0 Å². The maximum absolute atomic E-state index is 10.2. The van der Waals surface area contributed by atoms with Gasteiger partial charge in [0.2, 0.25) is 0 Å². The van der Waals surface area contributed by atoms with E-state index in [9.17, 15) is 15.3 Å². The third-order valence-electron chi connectivity index (χ3n) is 3.85. The molecule has 0 amide bonds. The van der Waals surface area contributed by atoms with Crippen molar-refractivity contribution in [2.75, 3.05) is 12.3 Å². The fourth-order valence-electron chi connectivity index (χ4n) is 2.68. The Morgan fingerprint density at radius 1 is 1.35 bits per heavy atom. The molecule has 2 aromatic rings. The summed E-state index contributed by atoms with van der Waals surface area (Å²) in [4.78, 5) is 8.02. The topological polar surface area (TPSA) is 191 Å². The first-order valence-corrected chi connectivity index (χ1v) is 6.76. The second-order valence-corrected chi connectivity index (χ2v) is 5.15. The van der Waals surface area contributed by atoms with Gasteiger partial charge in [0.05, 0.1) is 12.0 Å². The van der Waals surface area contributed by atoms with Gasteiger partial charge in [-0.3, -0.25) is 0 Å². The van der Waals surface area contributed by atoms with E-state index in [2.05, 4.69) is 15.1 Å². The van der Waals surface area contributed by atoms with Gasteiger partial charge in [-0.2, -0.15) is 5.10 Å². The van der Waals surface area contributed by atoms with Gasteiger partial charge in [0, 0.05) is 11.8 Å². The second-order valence-electron chi connectivity index (χ2n) is 5.15. The second kappa shape index (κ2) is 5.62. The molecule has 0 unspecified atom stereocenters. The van der Waals surface area contributed by atoms with Crippen molar-refractivity contribution >= 4 is 22.7 Å². The summed E-state index contributed by atoms with van der Waals surface area (Å²) >= 11 is 0. The molecule has 4 atom stereocenters. The van der Waals surface area contributed by atoms with Crippen LogP contribution in [-0.2, 0) is 4.74 Å². The molecule has 0 aromatic carbocycles. The zero-order chi connectivity index (χ0) is 16.7. The molecular formula is C12H17N7O4. The predicted molar refractivity (Wildman–Crippen MR) is 79.9 cm³/mol. The number of hydrazone groups is 1. The van der Waals surface area contributed by atoms with E-state index in [1.807, 2.05) is 0 Å². The number of aromatic nitrogens is 3.